The van der Waals surface area contributed by atoms with Crippen LogP contribution >= 0.6 is 15.9 Å². The number of hydrogen-bond donors (Lipinski definition) is 2. The zero-order chi connectivity index (χ0) is 11.7. The van der Waals surface area contributed by atoms with E-state index in [2.05, 4.69) is 33.5 Å². The average Bonchev–Trinajstić information content (AvgIpc) is 2.20. The summed E-state index contributed by atoms with van der Waals surface area (Å²) in [5.41, 5.74) is 0. The predicted molar refractivity (Wildman–Crippen MR) is 63.9 cm³/mol. The fraction of sp³-hybridized carbons (Fsp3) is 0.800. The molecule has 0 aliphatic carbocycles. The van der Waals surface area contributed by atoms with E-state index < -0.39 is 0 Å². The summed E-state index contributed by atoms with van der Waals surface area (Å²) < 4.78 is 0. The molecule has 2 N–H and O–H groups in total. The summed E-state index contributed by atoms with van der Waals surface area (Å²) >= 11 is 3.33. The van der Waals surface area contributed by atoms with Crippen molar-refractivity contribution in [2.45, 2.75) is 37.9 Å². The maximum absolute atomic E-state index is 11.4. The highest BCUT2D eigenvalue weighted by atomic mass is 79.9. The van der Waals surface area contributed by atoms with Gasteiger partial charge in [0.2, 0.25) is 11.8 Å². The lowest BCUT2D eigenvalue weighted by Gasteiger charge is -2.10. The van der Waals surface area contributed by atoms with Crippen LogP contribution in [-0.2, 0) is 9.59 Å². The zero-order valence-corrected chi connectivity index (χ0v) is 10.9. The normalized spacial score (nSPS) is 11.9. The van der Waals surface area contributed by atoms with Gasteiger partial charge in [-0.15, -0.1) is 0 Å². The van der Waals surface area contributed by atoms with Gasteiger partial charge in [0.25, 0.3) is 0 Å². The van der Waals surface area contributed by atoms with Crippen LogP contribution in [0.15, 0.2) is 0 Å². The highest BCUT2D eigenvalue weighted by molar-refractivity contribution is 9.10. The van der Waals surface area contributed by atoms with Crippen molar-refractivity contribution in [2.24, 2.45) is 0 Å². The summed E-state index contributed by atoms with van der Waals surface area (Å²) in [5.74, 6) is -0.0839. The molecule has 0 aliphatic heterocycles. The van der Waals surface area contributed by atoms with Crippen molar-refractivity contribution in [1.29, 1.82) is 0 Å². The molecule has 0 aliphatic rings. The highest BCUT2D eigenvalue weighted by Crippen LogP contribution is 2.09. The van der Waals surface area contributed by atoms with Gasteiger partial charge in [0.15, 0.2) is 0 Å². The Bertz CT molecular complexity index is 210. The Balaban J connectivity index is 3.51. The van der Waals surface area contributed by atoms with E-state index in [4.69, 9.17) is 0 Å². The number of hydrogen-bond acceptors (Lipinski definition) is 2. The van der Waals surface area contributed by atoms with Crippen molar-refractivity contribution in [3.05, 3.63) is 0 Å². The first-order chi connectivity index (χ1) is 7.07. The van der Waals surface area contributed by atoms with Crippen LogP contribution < -0.4 is 10.6 Å². The molecule has 0 aromatic rings. The lowest BCUT2D eigenvalue weighted by molar-refractivity contribution is -0.121. The lowest BCUT2D eigenvalue weighted by atomic mass is 10.2. The van der Waals surface area contributed by atoms with E-state index in [-0.39, 0.29) is 16.6 Å². The third-order valence-corrected chi connectivity index (χ3v) is 2.77. The van der Waals surface area contributed by atoms with Gasteiger partial charge >= 0.3 is 0 Å². The Labute approximate surface area is 99.3 Å². The molecule has 2 amide bonds. The predicted octanol–water partition coefficient (Wildman–Crippen LogP) is 1.19. The average molecular weight is 279 g/mol. The third kappa shape index (κ3) is 8.42. The van der Waals surface area contributed by atoms with Crippen molar-refractivity contribution >= 4 is 27.7 Å². The van der Waals surface area contributed by atoms with E-state index in [0.717, 1.165) is 19.3 Å². The minimum absolute atomic E-state index is 0.00574. The fourth-order valence-corrected chi connectivity index (χ4v) is 1.54. The largest absolute Gasteiger partial charge is 0.355 e. The van der Waals surface area contributed by atoms with Crippen LogP contribution in [0.5, 0.6) is 0 Å². The summed E-state index contributed by atoms with van der Waals surface area (Å²) in [6.07, 6.45) is 2.97. The van der Waals surface area contributed by atoms with Gasteiger partial charge in [-0.25, -0.2) is 0 Å². The molecule has 0 saturated carbocycles. The Morgan fingerprint density at radius 1 is 1.27 bits per heavy atom. The molecule has 0 heterocycles. The maximum atomic E-state index is 11.4. The Morgan fingerprint density at radius 3 is 2.40 bits per heavy atom. The van der Waals surface area contributed by atoms with Crippen LogP contribution in [0.3, 0.4) is 0 Å². The van der Waals surface area contributed by atoms with Gasteiger partial charge in [0.05, 0.1) is 4.83 Å². The van der Waals surface area contributed by atoms with Crippen LogP contribution in [0.25, 0.3) is 0 Å². The van der Waals surface area contributed by atoms with E-state index in [0.29, 0.717) is 13.1 Å². The number of rotatable bonds is 7. The minimum Gasteiger partial charge on any atom is -0.355 e. The van der Waals surface area contributed by atoms with Gasteiger partial charge in [0.1, 0.15) is 0 Å². The molecule has 0 bridgehead atoms. The molecule has 1 unspecified atom stereocenters. The lowest BCUT2D eigenvalue weighted by Crippen LogP contribution is -2.37. The van der Waals surface area contributed by atoms with Gasteiger partial charge < -0.3 is 10.6 Å². The topological polar surface area (TPSA) is 58.2 Å². The number of halogens is 1. The molecular weight excluding hydrogens is 260 g/mol. The number of unbranched alkanes of at least 4 members (excludes halogenated alkanes) is 1. The van der Waals surface area contributed by atoms with Gasteiger partial charge in [0, 0.05) is 20.0 Å². The second kappa shape index (κ2) is 8.71. The standard InChI is InChI=1S/C10H19BrN2O2/c1-3-4-5-9(11)10(15)13-7-6-12-8(2)14/h9H,3-7H2,1-2H3,(H,12,14)(H,13,15). The summed E-state index contributed by atoms with van der Waals surface area (Å²) in [4.78, 5) is 21.8. The number of alkyl halides is 1. The van der Waals surface area contributed by atoms with Crippen LogP contribution in [-0.4, -0.2) is 29.7 Å². The molecule has 0 rings (SSSR count). The number of nitrogens with one attached hydrogen (secondary N) is 2. The third-order valence-electron chi connectivity index (χ3n) is 1.89. The molecule has 0 radical (unpaired) electrons. The number of carbonyl (C=O) groups is 2. The first-order valence-electron chi connectivity index (χ1n) is 5.24. The van der Waals surface area contributed by atoms with Crippen molar-refractivity contribution in [3.8, 4) is 0 Å². The Kier molecular flexibility index (Phi) is 8.37. The molecule has 5 heteroatoms. The molecule has 0 aromatic heterocycles. The number of carbonyl (C=O) groups excluding carboxylic acids is 2. The highest BCUT2D eigenvalue weighted by Gasteiger charge is 2.12. The first-order valence-corrected chi connectivity index (χ1v) is 6.15. The smallest absolute Gasteiger partial charge is 0.233 e. The van der Waals surface area contributed by atoms with Crippen LogP contribution in [0.1, 0.15) is 33.1 Å². The molecular formula is C10H19BrN2O2. The first kappa shape index (κ1) is 14.4. The van der Waals surface area contributed by atoms with Gasteiger partial charge in [-0.05, 0) is 6.42 Å². The molecule has 15 heavy (non-hydrogen) atoms. The SMILES string of the molecule is CCCCC(Br)C(=O)NCCNC(C)=O. The van der Waals surface area contributed by atoms with Crippen molar-refractivity contribution in [2.75, 3.05) is 13.1 Å². The molecule has 4 nitrogen and oxygen atoms in total. The Morgan fingerprint density at radius 2 is 1.87 bits per heavy atom. The molecule has 0 saturated heterocycles. The van der Waals surface area contributed by atoms with E-state index in [9.17, 15) is 9.59 Å². The van der Waals surface area contributed by atoms with Gasteiger partial charge in [-0.2, -0.15) is 0 Å². The van der Waals surface area contributed by atoms with Gasteiger partial charge in [-0.1, -0.05) is 35.7 Å². The molecule has 1 atom stereocenters. The van der Waals surface area contributed by atoms with Crippen LogP contribution in [0, 0.1) is 0 Å². The maximum Gasteiger partial charge on any atom is 0.233 e. The summed E-state index contributed by atoms with van der Waals surface area (Å²) in [7, 11) is 0. The van der Waals surface area contributed by atoms with Crippen LogP contribution in [0.4, 0.5) is 0 Å². The summed E-state index contributed by atoms with van der Waals surface area (Å²) in [6.45, 7) is 4.51. The van der Waals surface area contributed by atoms with Crippen LogP contribution in [0.2, 0.25) is 0 Å². The van der Waals surface area contributed by atoms with Crippen molar-refractivity contribution < 1.29 is 9.59 Å². The van der Waals surface area contributed by atoms with Crippen molar-refractivity contribution in [1.82, 2.24) is 10.6 Å². The zero-order valence-electron chi connectivity index (χ0n) is 9.31. The minimum atomic E-state index is -0.116. The molecule has 0 fully saturated rings. The molecule has 0 spiro atoms. The second-order valence-corrected chi connectivity index (χ2v) is 4.49. The fourth-order valence-electron chi connectivity index (χ4n) is 1.05. The Hall–Kier alpha value is -0.580. The van der Waals surface area contributed by atoms with E-state index >= 15 is 0 Å². The molecule has 0 aromatic carbocycles. The summed E-state index contributed by atoms with van der Waals surface area (Å²) in [6, 6.07) is 0. The summed E-state index contributed by atoms with van der Waals surface area (Å²) in [5, 5.41) is 5.36. The number of amides is 2. The quantitative estimate of drug-likeness (QED) is 0.543. The van der Waals surface area contributed by atoms with Gasteiger partial charge in [-0.3, -0.25) is 9.59 Å². The monoisotopic (exact) mass is 278 g/mol. The van der Waals surface area contributed by atoms with E-state index in [1.807, 2.05) is 0 Å². The molecule has 88 valence electrons. The van der Waals surface area contributed by atoms with Crippen molar-refractivity contribution in [3.63, 3.8) is 0 Å². The van der Waals surface area contributed by atoms with E-state index in [1.54, 1.807) is 0 Å². The second-order valence-electron chi connectivity index (χ2n) is 3.38. The van der Waals surface area contributed by atoms with E-state index in [1.165, 1.54) is 6.92 Å².